The number of non-ortho nitro benzene ring substituents is 1. The number of hydrogen-bond donors (Lipinski definition) is 1. The maximum Gasteiger partial charge on any atom is 0.300 e. The maximum atomic E-state index is 10.8. The van der Waals surface area contributed by atoms with Gasteiger partial charge in [-0.3, -0.25) is 35.2 Å². The van der Waals surface area contributed by atoms with Crippen molar-refractivity contribution < 1.29 is 32.6 Å². The van der Waals surface area contributed by atoms with Crippen molar-refractivity contribution in [1.29, 1.82) is 5.26 Å². The van der Waals surface area contributed by atoms with Gasteiger partial charge in [-0.15, -0.1) is 0 Å². The molecule has 15 heteroatoms. The van der Waals surface area contributed by atoms with E-state index in [0.29, 0.717) is 18.0 Å². The fourth-order valence-corrected chi connectivity index (χ4v) is 6.87. The van der Waals surface area contributed by atoms with Crippen molar-refractivity contribution in [3.8, 4) is 6.07 Å². The van der Waals surface area contributed by atoms with Gasteiger partial charge in [0.1, 0.15) is 21.8 Å². The van der Waals surface area contributed by atoms with Gasteiger partial charge in [0.15, 0.2) is 0 Å². The summed E-state index contributed by atoms with van der Waals surface area (Å²) in [4.78, 5) is 27.4. The van der Waals surface area contributed by atoms with E-state index in [1.807, 2.05) is 12.1 Å². The Labute approximate surface area is 253 Å². The van der Waals surface area contributed by atoms with Crippen molar-refractivity contribution in [3.05, 3.63) is 108 Å². The topological polar surface area (TPSA) is 215 Å². The molecule has 4 rings (SSSR count). The van der Waals surface area contributed by atoms with E-state index in [0.717, 1.165) is 11.5 Å². The van der Waals surface area contributed by atoms with Crippen molar-refractivity contribution in [2.45, 2.75) is 57.0 Å². The van der Waals surface area contributed by atoms with Crippen LogP contribution >= 0.6 is 0 Å². The third kappa shape index (κ3) is 7.40. The predicted octanol–water partition coefficient (Wildman–Crippen LogP) is 4.98. The van der Waals surface area contributed by atoms with Crippen LogP contribution in [0.15, 0.2) is 71.6 Å². The number of nitriles is 1. The Morgan fingerprint density at radius 1 is 0.886 bits per heavy atom. The van der Waals surface area contributed by atoms with Gasteiger partial charge in [-0.1, -0.05) is 51.1 Å². The standard InChI is InChI=1S/C23H28N2.C6H3N3O9S/c1-4-19-15-17(3)23(20-13-11-18(16-24)12-14-20)25(22(19)5-2)21-9-7-6-8-10-21;10-7(11)3-1-4(8(12)13)6(19(16,17)18)5(2-3)9(14)15/h6-14,17,19,22-23H,4-5,15H2,1-3H3;1-2H,(H,16,17,18)/t17-,19+,22+,23-;/m0./s1. The first-order valence-electron chi connectivity index (χ1n) is 13.7. The average molecular weight is 626 g/mol. The second-order valence-electron chi connectivity index (χ2n) is 10.5. The molecule has 1 aliphatic heterocycles. The molecule has 1 saturated heterocycles. The molecule has 3 aromatic rings. The molecular weight excluding hydrogens is 594 g/mol. The molecule has 1 aliphatic rings. The minimum atomic E-state index is -5.55. The summed E-state index contributed by atoms with van der Waals surface area (Å²) >= 11 is 0. The summed E-state index contributed by atoms with van der Waals surface area (Å²) in [6.45, 7) is 7.08. The second kappa shape index (κ2) is 14.1. The molecule has 3 aromatic carbocycles. The molecule has 44 heavy (non-hydrogen) atoms. The molecule has 1 N–H and O–H groups in total. The Kier molecular flexibility index (Phi) is 10.8. The molecule has 0 spiro atoms. The monoisotopic (exact) mass is 625 g/mol. The summed E-state index contributed by atoms with van der Waals surface area (Å²) < 4.78 is 32.5. The zero-order valence-electron chi connectivity index (χ0n) is 24.2. The zero-order valence-corrected chi connectivity index (χ0v) is 25.0. The number of hydrogen-bond acceptors (Lipinski definition) is 10. The number of quaternary nitrogens is 1. The van der Waals surface area contributed by atoms with E-state index in [4.69, 9.17) is 5.26 Å². The molecule has 1 unspecified atom stereocenters. The summed E-state index contributed by atoms with van der Waals surface area (Å²) in [5.41, 5.74) is -0.614. The second-order valence-corrected chi connectivity index (χ2v) is 11.8. The number of nitro benzene ring substituents is 3. The largest absolute Gasteiger partial charge is 0.744 e. The Morgan fingerprint density at radius 3 is 1.84 bits per heavy atom. The van der Waals surface area contributed by atoms with Crippen LogP contribution in [0.4, 0.5) is 22.7 Å². The number of nitrogens with one attached hydrogen (secondary N) is 1. The van der Waals surface area contributed by atoms with Crippen LogP contribution in [0.25, 0.3) is 0 Å². The highest BCUT2D eigenvalue weighted by atomic mass is 32.2. The molecule has 0 aromatic heterocycles. The Bertz CT molecular complexity index is 1640. The molecule has 1 fully saturated rings. The summed E-state index contributed by atoms with van der Waals surface area (Å²) in [5.74, 6) is 1.39. The molecule has 0 amide bonds. The first kappa shape index (κ1) is 33.7. The highest BCUT2D eigenvalue weighted by Crippen LogP contribution is 2.37. The molecule has 0 aliphatic carbocycles. The van der Waals surface area contributed by atoms with Crippen LogP contribution in [0.1, 0.15) is 57.2 Å². The summed E-state index contributed by atoms with van der Waals surface area (Å²) in [6, 6.07) is 22.9. The number of rotatable bonds is 8. The summed E-state index contributed by atoms with van der Waals surface area (Å²) in [7, 11) is -5.55. The Balaban J connectivity index is 0.000000251. The quantitative estimate of drug-likeness (QED) is 0.201. The number of nitro groups is 3. The summed E-state index contributed by atoms with van der Waals surface area (Å²) in [6.07, 6.45) is 3.73. The lowest BCUT2D eigenvalue weighted by molar-refractivity contribution is -0.910. The number of nitrogens with zero attached hydrogens (tertiary/aromatic N) is 4. The van der Waals surface area contributed by atoms with Gasteiger partial charge in [0.05, 0.1) is 44.6 Å². The molecule has 5 atom stereocenters. The van der Waals surface area contributed by atoms with Crippen molar-refractivity contribution in [2.24, 2.45) is 11.8 Å². The summed E-state index contributed by atoms with van der Waals surface area (Å²) in [5, 5.41) is 40.7. The third-order valence-electron chi connectivity index (χ3n) is 7.91. The molecule has 232 valence electrons. The third-order valence-corrected chi connectivity index (χ3v) is 8.82. The van der Waals surface area contributed by atoms with Gasteiger partial charge in [-0.05, 0) is 43.5 Å². The van der Waals surface area contributed by atoms with Crippen LogP contribution in [0.5, 0.6) is 0 Å². The van der Waals surface area contributed by atoms with Crippen LogP contribution in [0.3, 0.4) is 0 Å². The van der Waals surface area contributed by atoms with Crippen LogP contribution in [0, 0.1) is 53.5 Å². The highest BCUT2D eigenvalue weighted by molar-refractivity contribution is 7.86. The molecule has 0 bridgehead atoms. The lowest BCUT2D eigenvalue weighted by Crippen LogP contribution is -3.14. The van der Waals surface area contributed by atoms with E-state index in [2.05, 4.69) is 69.3 Å². The van der Waals surface area contributed by atoms with E-state index in [9.17, 15) is 43.3 Å². The van der Waals surface area contributed by atoms with Gasteiger partial charge >= 0.3 is 11.4 Å². The highest BCUT2D eigenvalue weighted by Gasteiger charge is 2.45. The van der Waals surface area contributed by atoms with Crippen LogP contribution < -0.4 is 4.90 Å². The molecule has 0 radical (unpaired) electrons. The minimum Gasteiger partial charge on any atom is -0.744 e. The number of benzene rings is 3. The van der Waals surface area contributed by atoms with Crippen LogP contribution in [-0.2, 0) is 10.1 Å². The van der Waals surface area contributed by atoms with E-state index in [-0.39, 0.29) is 12.1 Å². The molecule has 0 saturated carbocycles. The lowest BCUT2D eigenvalue weighted by Gasteiger charge is -2.46. The lowest BCUT2D eigenvalue weighted by atomic mass is 9.74. The van der Waals surface area contributed by atoms with Gasteiger partial charge in [0.2, 0.25) is 4.90 Å². The number of para-hydroxylation sites is 1. The van der Waals surface area contributed by atoms with Crippen molar-refractivity contribution in [3.63, 3.8) is 0 Å². The van der Waals surface area contributed by atoms with Crippen molar-refractivity contribution in [2.75, 3.05) is 0 Å². The van der Waals surface area contributed by atoms with E-state index >= 15 is 0 Å². The maximum absolute atomic E-state index is 10.8. The normalized spacial score (nSPS) is 21.3. The van der Waals surface area contributed by atoms with E-state index < -0.39 is 46.8 Å². The average Bonchev–Trinajstić information content (AvgIpc) is 3.00. The van der Waals surface area contributed by atoms with Crippen molar-refractivity contribution >= 4 is 32.9 Å². The smallest absolute Gasteiger partial charge is 0.300 e. The predicted molar refractivity (Wildman–Crippen MR) is 157 cm³/mol. The zero-order chi connectivity index (χ0) is 32.8. The van der Waals surface area contributed by atoms with Crippen LogP contribution in [0.2, 0.25) is 0 Å². The molecular formula is C29H31N5O9S. The van der Waals surface area contributed by atoms with Crippen molar-refractivity contribution in [1.82, 2.24) is 0 Å². The first-order valence-corrected chi connectivity index (χ1v) is 15.1. The van der Waals surface area contributed by atoms with Gasteiger partial charge < -0.3 is 4.55 Å². The number of piperidine rings is 1. The van der Waals surface area contributed by atoms with Gasteiger partial charge in [0, 0.05) is 17.4 Å². The van der Waals surface area contributed by atoms with Gasteiger partial charge in [-0.25, -0.2) is 8.42 Å². The molecule has 14 nitrogen and oxygen atoms in total. The Morgan fingerprint density at radius 2 is 1.43 bits per heavy atom. The van der Waals surface area contributed by atoms with Gasteiger partial charge in [0.25, 0.3) is 5.69 Å². The SMILES string of the molecule is CC[C@@H]1C[C@H](C)[C@@H](c2ccc(C#N)cc2)[NH+](c2ccccc2)[C@@H]1CC.O=[N+]([O-])c1cc([N+](=O)[O-])c(S(=O)(=O)[O-])c([N+](=O)[O-])c1. The fraction of sp³-hybridized carbons (Fsp3) is 0.345. The van der Waals surface area contributed by atoms with E-state index in [1.54, 1.807) is 4.90 Å². The van der Waals surface area contributed by atoms with Gasteiger partial charge in [-0.2, -0.15) is 5.26 Å². The Hall–Kier alpha value is -4.78. The van der Waals surface area contributed by atoms with E-state index in [1.165, 1.54) is 30.5 Å². The molecule has 1 heterocycles. The first-order chi connectivity index (χ1) is 20.7. The minimum absolute atomic E-state index is 0.164. The van der Waals surface area contributed by atoms with Crippen LogP contribution in [-0.4, -0.2) is 33.8 Å². The fourth-order valence-electron chi connectivity index (χ4n) is 6.09.